The summed E-state index contributed by atoms with van der Waals surface area (Å²) in [4.78, 5) is 4.34. The van der Waals surface area contributed by atoms with E-state index < -0.39 is 0 Å². The number of likely N-dealkylation sites (N-methyl/N-ethyl adjacent to an activating group) is 1. The number of nitrogens with zero attached hydrogens (tertiary/aromatic N) is 1. The summed E-state index contributed by atoms with van der Waals surface area (Å²) in [7, 11) is 0. The molecule has 1 N–H and O–H groups in total. The van der Waals surface area contributed by atoms with E-state index in [9.17, 15) is 4.39 Å². The van der Waals surface area contributed by atoms with Crippen molar-refractivity contribution in [3.63, 3.8) is 0 Å². The van der Waals surface area contributed by atoms with Crippen LogP contribution in [0.4, 0.5) is 4.39 Å². The topological polar surface area (TPSA) is 24.9 Å². The molecule has 1 aromatic carbocycles. The lowest BCUT2D eigenvalue weighted by atomic mass is 10.0. The van der Waals surface area contributed by atoms with Gasteiger partial charge in [0.25, 0.3) is 0 Å². The van der Waals surface area contributed by atoms with Crippen LogP contribution >= 0.6 is 27.5 Å². The molecule has 0 amide bonds. The second-order valence-corrected chi connectivity index (χ2v) is 5.80. The van der Waals surface area contributed by atoms with E-state index in [1.54, 1.807) is 18.3 Å². The van der Waals surface area contributed by atoms with Gasteiger partial charge in [-0.2, -0.15) is 0 Å². The van der Waals surface area contributed by atoms with Gasteiger partial charge in [-0.1, -0.05) is 24.6 Å². The monoisotopic (exact) mass is 356 g/mol. The molecule has 1 heterocycles. The Morgan fingerprint density at radius 1 is 1.35 bits per heavy atom. The highest BCUT2D eigenvalue weighted by atomic mass is 79.9. The van der Waals surface area contributed by atoms with Crippen LogP contribution in [0, 0.1) is 5.82 Å². The summed E-state index contributed by atoms with van der Waals surface area (Å²) in [5.41, 5.74) is 1.52. The zero-order valence-electron chi connectivity index (χ0n) is 11.0. The smallest absolute Gasteiger partial charge is 0.129 e. The number of hydrogen-bond donors (Lipinski definition) is 1. The SMILES string of the molecule is CCNC(Cc1ccc(Br)cn1)c1ccc(Cl)cc1F. The molecule has 0 saturated carbocycles. The fourth-order valence-corrected chi connectivity index (χ4v) is 2.45. The summed E-state index contributed by atoms with van der Waals surface area (Å²) in [6.45, 7) is 2.75. The van der Waals surface area contributed by atoms with Crippen LogP contribution in [0.1, 0.15) is 24.2 Å². The van der Waals surface area contributed by atoms with Crippen LogP contribution in [-0.4, -0.2) is 11.5 Å². The number of pyridine rings is 1. The van der Waals surface area contributed by atoms with Gasteiger partial charge in [0.2, 0.25) is 0 Å². The molecular weight excluding hydrogens is 343 g/mol. The summed E-state index contributed by atoms with van der Waals surface area (Å²) in [5.74, 6) is -0.291. The fraction of sp³-hybridized carbons (Fsp3) is 0.267. The molecule has 0 saturated heterocycles. The lowest BCUT2D eigenvalue weighted by Gasteiger charge is -2.19. The Balaban J connectivity index is 2.24. The van der Waals surface area contributed by atoms with E-state index in [-0.39, 0.29) is 11.9 Å². The van der Waals surface area contributed by atoms with Gasteiger partial charge in [-0.15, -0.1) is 0 Å². The molecule has 0 aliphatic carbocycles. The van der Waals surface area contributed by atoms with E-state index in [4.69, 9.17) is 11.6 Å². The van der Waals surface area contributed by atoms with Gasteiger partial charge in [-0.05, 0) is 46.7 Å². The van der Waals surface area contributed by atoms with Gasteiger partial charge < -0.3 is 5.32 Å². The van der Waals surface area contributed by atoms with E-state index in [0.29, 0.717) is 17.0 Å². The molecule has 0 radical (unpaired) electrons. The zero-order valence-corrected chi connectivity index (χ0v) is 13.4. The van der Waals surface area contributed by atoms with E-state index in [1.165, 1.54) is 6.07 Å². The number of hydrogen-bond acceptors (Lipinski definition) is 2. The lowest BCUT2D eigenvalue weighted by Crippen LogP contribution is -2.24. The van der Waals surface area contributed by atoms with Crippen molar-refractivity contribution >= 4 is 27.5 Å². The lowest BCUT2D eigenvalue weighted by molar-refractivity contribution is 0.506. The van der Waals surface area contributed by atoms with E-state index in [0.717, 1.165) is 16.7 Å². The molecule has 5 heteroatoms. The first-order valence-electron chi connectivity index (χ1n) is 6.39. The maximum absolute atomic E-state index is 14.0. The Labute approximate surface area is 131 Å². The van der Waals surface area contributed by atoms with Crippen molar-refractivity contribution in [1.82, 2.24) is 10.3 Å². The van der Waals surface area contributed by atoms with Crippen molar-refractivity contribution in [3.05, 3.63) is 63.1 Å². The summed E-state index contributed by atoms with van der Waals surface area (Å²) in [6.07, 6.45) is 2.37. The van der Waals surface area contributed by atoms with Gasteiger partial charge in [0.15, 0.2) is 0 Å². The Kier molecular flexibility index (Phi) is 5.52. The summed E-state index contributed by atoms with van der Waals surface area (Å²) >= 11 is 9.15. The Morgan fingerprint density at radius 3 is 2.75 bits per heavy atom. The second kappa shape index (κ2) is 7.16. The molecular formula is C15H15BrClFN2. The first kappa shape index (κ1) is 15.4. The largest absolute Gasteiger partial charge is 0.310 e. The van der Waals surface area contributed by atoms with Crippen LogP contribution < -0.4 is 5.32 Å². The Hall–Kier alpha value is -0.970. The van der Waals surface area contributed by atoms with Crippen molar-refractivity contribution in [2.75, 3.05) is 6.54 Å². The molecule has 0 aliphatic rings. The predicted octanol–water partition coefficient (Wildman–Crippen LogP) is 4.53. The third-order valence-electron chi connectivity index (χ3n) is 2.99. The number of benzene rings is 1. The van der Waals surface area contributed by atoms with Gasteiger partial charge in [0.05, 0.1) is 0 Å². The molecule has 2 nitrogen and oxygen atoms in total. The Morgan fingerprint density at radius 2 is 2.15 bits per heavy atom. The molecule has 0 spiro atoms. The Bertz CT molecular complexity index is 575. The van der Waals surface area contributed by atoms with Crippen LogP contribution in [-0.2, 0) is 6.42 Å². The van der Waals surface area contributed by atoms with Crippen molar-refractivity contribution in [3.8, 4) is 0 Å². The average Bonchev–Trinajstić information content (AvgIpc) is 2.41. The molecule has 0 fully saturated rings. The normalized spacial score (nSPS) is 12.4. The molecule has 2 rings (SSSR count). The maximum atomic E-state index is 14.0. The first-order chi connectivity index (χ1) is 9.60. The summed E-state index contributed by atoms with van der Waals surface area (Å²) < 4.78 is 15.0. The van der Waals surface area contributed by atoms with Crippen LogP contribution in [0.25, 0.3) is 0 Å². The molecule has 106 valence electrons. The minimum atomic E-state index is -0.291. The van der Waals surface area contributed by atoms with Gasteiger partial charge in [-0.3, -0.25) is 4.98 Å². The summed E-state index contributed by atoms with van der Waals surface area (Å²) in [5, 5.41) is 3.69. The average molecular weight is 358 g/mol. The molecule has 0 aliphatic heterocycles. The molecule has 2 aromatic rings. The second-order valence-electron chi connectivity index (χ2n) is 4.45. The highest BCUT2D eigenvalue weighted by Gasteiger charge is 2.16. The van der Waals surface area contributed by atoms with E-state index in [2.05, 4.69) is 26.2 Å². The fourth-order valence-electron chi connectivity index (χ4n) is 2.06. The molecule has 0 bridgehead atoms. The molecule has 20 heavy (non-hydrogen) atoms. The van der Waals surface area contributed by atoms with Crippen LogP contribution in [0.3, 0.4) is 0 Å². The van der Waals surface area contributed by atoms with Gasteiger partial charge >= 0.3 is 0 Å². The minimum Gasteiger partial charge on any atom is -0.310 e. The van der Waals surface area contributed by atoms with Crippen LogP contribution in [0.15, 0.2) is 41.0 Å². The predicted molar refractivity (Wildman–Crippen MR) is 83.5 cm³/mol. The third kappa shape index (κ3) is 4.01. The van der Waals surface area contributed by atoms with E-state index >= 15 is 0 Å². The number of nitrogens with one attached hydrogen (secondary N) is 1. The molecule has 1 unspecified atom stereocenters. The standard InChI is InChI=1S/C15H15BrClFN2/c1-2-19-15(8-12-5-3-10(16)9-20-12)13-6-4-11(17)7-14(13)18/h3-7,9,15,19H,2,8H2,1H3. The third-order valence-corrected chi connectivity index (χ3v) is 3.69. The minimum absolute atomic E-state index is 0.119. The number of halogens is 3. The quantitative estimate of drug-likeness (QED) is 0.850. The van der Waals surface area contributed by atoms with Gasteiger partial charge in [0, 0.05) is 39.4 Å². The first-order valence-corrected chi connectivity index (χ1v) is 7.56. The molecule has 1 aromatic heterocycles. The van der Waals surface area contributed by atoms with Crippen LogP contribution in [0.5, 0.6) is 0 Å². The highest BCUT2D eigenvalue weighted by Crippen LogP contribution is 2.23. The van der Waals surface area contributed by atoms with E-state index in [1.807, 2.05) is 19.1 Å². The van der Waals surface area contributed by atoms with Gasteiger partial charge in [-0.25, -0.2) is 4.39 Å². The zero-order chi connectivity index (χ0) is 14.5. The maximum Gasteiger partial charge on any atom is 0.129 e. The van der Waals surface area contributed by atoms with Crippen molar-refractivity contribution in [2.24, 2.45) is 0 Å². The molecule has 1 atom stereocenters. The van der Waals surface area contributed by atoms with Crippen molar-refractivity contribution < 1.29 is 4.39 Å². The van der Waals surface area contributed by atoms with Crippen molar-refractivity contribution in [1.29, 1.82) is 0 Å². The van der Waals surface area contributed by atoms with Crippen molar-refractivity contribution in [2.45, 2.75) is 19.4 Å². The van der Waals surface area contributed by atoms with Crippen LogP contribution in [0.2, 0.25) is 5.02 Å². The number of rotatable bonds is 5. The van der Waals surface area contributed by atoms with Gasteiger partial charge in [0.1, 0.15) is 5.82 Å². The number of aromatic nitrogens is 1. The highest BCUT2D eigenvalue weighted by molar-refractivity contribution is 9.10. The summed E-state index contributed by atoms with van der Waals surface area (Å²) in [6, 6.07) is 8.52.